The molecule has 0 spiro atoms. The van der Waals surface area contributed by atoms with Crippen LogP contribution in [0, 0.1) is 0 Å². The molecule has 21 heavy (non-hydrogen) atoms. The molecule has 116 valence electrons. The van der Waals surface area contributed by atoms with E-state index >= 15 is 0 Å². The second-order valence-corrected chi connectivity index (χ2v) is 5.79. The predicted molar refractivity (Wildman–Crippen MR) is 83.8 cm³/mol. The first-order valence-electron chi connectivity index (χ1n) is 7.51. The molecule has 1 aliphatic rings. The number of carbonyl (C=O) groups excluding carboxylic acids is 1. The summed E-state index contributed by atoms with van der Waals surface area (Å²) in [5.74, 6) is 0.307. The van der Waals surface area contributed by atoms with Gasteiger partial charge >= 0.3 is 0 Å². The van der Waals surface area contributed by atoms with Gasteiger partial charge in [0.1, 0.15) is 11.5 Å². The van der Waals surface area contributed by atoms with Gasteiger partial charge in [-0.05, 0) is 31.4 Å². The number of nitrogens with one attached hydrogen (secondary N) is 2. The molecule has 5 nitrogen and oxygen atoms in total. The maximum Gasteiger partial charge on any atom is 0.271 e. The number of anilines is 1. The number of halogens is 1. The third kappa shape index (κ3) is 4.32. The zero-order valence-corrected chi connectivity index (χ0v) is 13.0. The van der Waals surface area contributed by atoms with Gasteiger partial charge in [0.05, 0.1) is 17.2 Å². The van der Waals surface area contributed by atoms with Crippen LogP contribution in [0.15, 0.2) is 12.1 Å². The molecule has 2 atom stereocenters. The molecule has 0 bridgehead atoms. The van der Waals surface area contributed by atoms with Crippen LogP contribution >= 0.6 is 11.6 Å². The minimum atomic E-state index is -0.483. The van der Waals surface area contributed by atoms with Gasteiger partial charge in [-0.2, -0.15) is 0 Å². The van der Waals surface area contributed by atoms with Crippen LogP contribution in [0.25, 0.3) is 0 Å². The summed E-state index contributed by atoms with van der Waals surface area (Å²) in [4.78, 5) is 16.6. The van der Waals surface area contributed by atoms with E-state index < -0.39 is 6.10 Å². The molecule has 1 fully saturated rings. The predicted octanol–water partition coefficient (Wildman–Crippen LogP) is 2.59. The van der Waals surface area contributed by atoms with E-state index in [0.29, 0.717) is 10.8 Å². The largest absolute Gasteiger partial charge is 0.391 e. The lowest BCUT2D eigenvalue weighted by Gasteiger charge is -2.28. The van der Waals surface area contributed by atoms with E-state index in [9.17, 15) is 9.90 Å². The minimum absolute atomic E-state index is 0.204. The summed E-state index contributed by atoms with van der Waals surface area (Å²) in [6.45, 7) is 2.85. The quantitative estimate of drug-likeness (QED) is 0.781. The molecule has 2 rings (SSSR count). The highest BCUT2D eigenvalue weighted by molar-refractivity contribution is 6.33. The molecule has 1 amide bonds. The van der Waals surface area contributed by atoms with Crippen molar-refractivity contribution in [2.45, 2.75) is 51.2 Å². The molecule has 0 aromatic carbocycles. The van der Waals surface area contributed by atoms with Crippen LogP contribution in [0.3, 0.4) is 0 Å². The molecular weight excluding hydrogens is 290 g/mol. The summed E-state index contributed by atoms with van der Waals surface area (Å²) in [6.07, 6.45) is 4.02. The van der Waals surface area contributed by atoms with Gasteiger partial charge in [0.15, 0.2) is 0 Å². The van der Waals surface area contributed by atoms with Crippen LogP contribution in [0.4, 0.5) is 5.82 Å². The average Bonchev–Trinajstić information content (AvgIpc) is 2.48. The number of aliphatic hydroxyl groups excluding tert-OH is 1. The lowest BCUT2D eigenvalue weighted by molar-refractivity contribution is 0.0714. The smallest absolute Gasteiger partial charge is 0.271 e. The van der Waals surface area contributed by atoms with E-state index in [1.807, 2.05) is 0 Å². The van der Waals surface area contributed by atoms with Crippen molar-refractivity contribution in [1.29, 1.82) is 0 Å². The van der Waals surface area contributed by atoms with Crippen LogP contribution in [0.5, 0.6) is 0 Å². The molecule has 1 aromatic rings. The monoisotopic (exact) mass is 311 g/mol. The Bertz CT molecular complexity index is 496. The van der Waals surface area contributed by atoms with Crippen molar-refractivity contribution in [3.8, 4) is 0 Å². The summed E-state index contributed by atoms with van der Waals surface area (Å²) in [5.41, 5.74) is 0.204. The first-order valence-corrected chi connectivity index (χ1v) is 7.89. The number of pyridine rings is 1. The maximum atomic E-state index is 12.3. The third-order valence-electron chi connectivity index (χ3n) is 3.66. The molecule has 1 heterocycles. The second-order valence-electron chi connectivity index (χ2n) is 5.39. The van der Waals surface area contributed by atoms with Gasteiger partial charge in [0.2, 0.25) is 0 Å². The van der Waals surface area contributed by atoms with Crippen molar-refractivity contribution in [3.63, 3.8) is 0 Å². The van der Waals surface area contributed by atoms with E-state index in [0.717, 1.165) is 38.6 Å². The Morgan fingerprint density at radius 2 is 2.19 bits per heavy atom. The molecule has 0 radical (unpaired) electrons. The summed E-state index contributed by atoms with van der Waals surface area (Å²) >= 11 is 6.07. The molecule has 0 aliphatic heterocycles. The van der Waals surface area contributed by atoms with Crippen molar-refractivity contribution in [1.82, 2.24) is 10.3 Å². The molecule has 2 unspecified atom stereocenters. The first kappa shape index (κ1) is 16.0. The van der Waals surface area contributed by atoms with E-state index in [1.165, 1.54) is 0 Å². The molecule has 6 heteroatoms. The number of rotatable bonds is 5. The van der Waals surface area contributed by atoms with Crippen LogP contribution in [-0.2, 0) is 0 Å². The Hall–Kier alpha value is -1.33. The first-order chi connectivity index (χ1) is 10.1. The lowest BCUT2D eigenvalue weighted by Crippen LogP contribution is -2.45. The van der Waals surface area contributed by atoms with Gasteiger partial charge < -0.3 is 15.7 Å². The Morgan fingerprint density at radius 1 is 1.43 bits per heavy atom. The number of hydrogen-bond donors (Lipinski definition) is 3. The topological polar surface area (TPSA) is 74.2 Å². The molecule has 1 aromatic heterocycles. The summed E-state index contributed by atoms with van der Waals surface area (Å²) in [7, 11) is 0. The summed E-state index contributed by atoms with van der Waals surface area (Å²) in [5, 5.41) is 16.2. The molecule has 3 N–H and O–H groups in total. The zero-order valence-electron chi connectivity index (χ0n) is 12.2. The number of aromatic nitrogens is 1. The standard InChI is InChI=1S/C15H22ClN3O2/c1-2-9-17-13-8-7-10(16)14(19-13)15(21)18-11-5-3-4-6-12(11)20/h7-8,11-12,20H,2-6,9H2,1H3,(H,17,19)(H,18,21). The van der Waals surface area contributed by atoms with Gasteiger partial charge in [-0.15, -0.1) is 0 Å². The Balaban J connectivity index is 2.06. The highest BCUT2D eigenvalue weighted by Gasteiger charge is 2.26. The number of aliphatic hydroxyl groups is 1. The van der Waals surface area contributed by atoms with Crippen LogP contribution in [0.1, 0.15) is 49.5 Å². The van der Waals surface area contributed by atoms with Crippen molar-refractivity contribution in [3.05, 3.63) is 22.8 Å². The highest BCUT2D eigenvalue weighted by atomic mass is 35.5. The average molecular weight is 312 g/mol. The fourth-order valence-electron chi connectivity index (χ4n) is 2.47. The SMILES string of the molecule is CCCNc1ccc(Cl)c(C(=O)NC2CCCCC2O)n1. The highest BCUT2D eigenvalue weighted by Crippen LogP contribution is 2.21. The van der Waals surface area contributed by atoms with Crippen LogP contribution in [0.2, 0.25) is 5.02 Å². The van der Waals surface area contributed by atoms with Crippen molar-refractivity contribution < 1.29 is 9.90 Å². The Morgan fingerprint density at radius 3 is 2.90 bits per heavy atom. The molecule has 0 saturated heterocycles. The molecule has 1 aliphatic carbocycles. The molecular formula is C15H22ClN3O2. The number of hydrogen-bond acceptors (Lipinski definition) is 4. The summed E-state index contributed by atoms with van der Waals surface area (Å²) in [6, 6.07) is 3.21. The number of amides is 1. The lowest BCUT2D eigenvalue weighted by atomic mass is 9.92. The van der Waals surface area contributed by atoms with Crippen LogP contribution < -0.4 is 10.6 Å². The van der Waals surface area contributed by atoms with E-state index in [4.69, 9.17) is 11.6 Å². The Kier molecular flexibility index (Phi) is 5.82. The van der Waals surface area contributed by atoms with Gasteiger partial charge in [-0.3, -0.25) is 4.79 Å². The van der Waals surface area contributed by atoms with Crippen molar-refractivity contribution in [2.24, 2.45) is 0 Å². The minimum Gasteiger partial charge on any atom is -0.391 e. The zero-order chi connectivity index (χ0) is 15.2. The van der Waals surface area contributed by atoms with Crippen LogP contribution in [-0.4, -0.2) is 34.7 Å². The Labute approximate surface area is 130 Å². The van der Waals surface area contributed by atoms with E-state index in [1.54, 1.807) is 12.1 Å². The van der Waals surface area contributed by atoms with Gasteiger partial charge in [-0.25, -0.2) is 4.98 Å². The van der Waals surface area contributed by atoms with Gasteiger partial charge in [0, 0.05) is 6.54 Å². The maximum absolute atomic E-state index is 12.3. The van der Waals surface area contributed by atoms with Crippen molar-refractivity contribution >= 4 is 23.3 Å². The fraction of sp³-hybridized carbons (Fsp3) is 0.600. The number of nitrogens with zero attached hydrogens (tertiary/aromatic N) is 1. The second kappa shape index (κ2) is 7.61. The van der Waals surface area contributed by atoms with E-state index in [-0.39, 0.29) is 17.6 Å². The fourth-order valence-corrected chi connectivity index (χ4v) is 2.66. The number of carbonyl (C=O) groups is 1. The third-order valence-corrected chi connectivity index (χ3v) is 3.97. The summed E-state index contributed by atoms with van der Waals surface area (Å²) < 4.78 is 0. The van der Waals surface area contributed by atoms with Gasteiger partial charge in [0.25, 0.3) is 5.91 Å². The normalized spacial score (nSPS) is 21.9. The van der Waals surface area contributed by atoms with E-state index in [2.05, 4.69) is 22.5 Å². The molecule has 1 saturated carbocycles. The van der Waals surface area contributed by atoms with Gasteiger partial charge in [-0.1, -0.05) is 31.4 Å². The van der Waals surface area contributed by atoms with Crippen molar-refractivity contribution in [2.75, 3.05) is 11.9 Å².